The topological polar surface area (TPSA) is 50.8 Å². The van der Waals surface area contributed by atoms with Gasteiger partial charge in [0.15, 0.2) is 11.5 Å². The van der Waals surface area contributed by atoms with E-state index in [0.29, 0.717) is 23.6 Å². The number of carbonyl (C=O) groups excluding carboxylic acids is 1. The molecule has 0 saturated carbocycles. The smallest absolute Gasteiger partial charge is 0.257 e. The van der Waals surface area contributed by atoms with E-state index in [9.17, 15) is 4.79 Å². The molecule has 4 rings (SSSR count). The van der Waals surface area contributed by atoms with Gasteiger partial charge in [0, 0.05) is 12.2 Å². The second-order valence-corrected chi connectivity index (χ2v) is 8.07. The highest BCUT2D eigenvalue weighted by Gasteiger charge is 2.33. The Morgan fingerprint density at radius 3 is 2.50 bits per heavy atom. The lowest BCUT2D eigenvalue weighted by Gasteiger charge is -2.38. The van der Waals surface area contributed by atoms with Crippen molar-refractivity contribution in [2.45, 2.75) is 39.0 Å². The number of hydrogen-bond donors (Lipinski definition) is 1. The molecule has 2 unspecified atom stereocenters. The van der Waals surface area contributed by atoms with E-state index >= 15 is 0 Å². The summed E-state index contributed by atoms with van der Waals surface area (Å²) in [4.78, 5) is 15.4. The molecule has 0 aliphatic carbocycles. The van der Waals surface area contributed by atoms with E-state index in [-0.39, 0.29) is 18.2 Å². The molecule has 1 heterocycles. The zero-order valence-corrected chi connectivity index (χ0v) is 18.9. The fourth-order valence-corrected chi connectivity index (χ4v) is 3.93. The van der Waals surface area contributed by atoms with E-state index in [1.165, 1.54) is 5.56 Å². The summed E-state index contributed by atoms with van der Waals surface area (Å²) in [5, 5.41) is 3.56. The summed E-state index contributed by atoms with van der Waals surface area (Å²) >= 11 is 0. The first-order chi connectivity index (χ1) is 15.6. The second-order valence-electron chi connectivity index (χ2n) is 8.07. The Morgan fingerprint density at radius 1 is 1.00 bits per heavy atom. The number of nitrogens with one attached hydrogen (secondary N) is 1. The molecular formula is C27H30N2O3. The molecule has 0 fully saturated rings. The van der Waals surface area contributed by atoms with Crippen LogP contribution in [0.15, 0.2) is 72.8 Å². The van der Waals surface area contributed by atoms with Gasteiger partial charge in [0.05, 0.1) is 18.8 Å². The van der Waals surface area contributed by atoms with Crippen LogP contribution in [-0.2, 0) is 6.42 Å². The molecule has 0 bridgehead atoms. The predicted octanol–water partition coefficient (Wildman–Crippen LogP) is 5.68. The fraction of sp³-hybridized carbons (Fsp3) is 0.296. The predicted molar refractivity (Wildman–Crippen MR) is 127 cm³/mol. The molecule has 1 aliphatic rings. The minimum Gasteiger partial charge on any atom is -0.493 e. The first-order valence-electron chi connectivity index (χ1n) is 11.2. The number of fused-ring (bicyclic) bond motifs is 1. The van der Waals surface area contributed by atoms with E-state index in [2.05, 4.69) is 24.4 Å². The van der Waals surface area contributed by atoms with Crippen molar-refractivity contribution >= 4 is 11.6 Å². The summed E-state index contributed by atoms with van der Waals surface area (Å²) < 4.78 is 11.6. The average Bonchev–Trinajstić information content (AvgIpc) is 2.84. The quantitative estimate of drug-likeness (QED) is 0.499. The average molecular weight is 431 g/mol. The Bertz CT molecular complexity index is 1070. The van der Waals surface area contributed by atoms with Gasteiger partial charge in [-0.1, -0.05) is 55.5 Å². The highest BCUT2D eigenvalue weighted by atomic mass is 16.5. The van der Waals surface area contributed by atoms with E-state index in [1.807, 2.05) is 72.5 Å². The normalized spacial score (nSPS) is 16.2. The third-order valence-electron chi connectivity index (χ3n) is 5.91. The van der Waals surface area contributed by atoms with Gasteiger partial charge in [-0.2, -0.15) is 0 Å². The number of amides is 1. The largest absolute Gasteiger partial charge is 0.493 e. The van der Waals surface area contributed by atoms with Crippen LogP contribution in [0.4, 0.5) is 5.69 Å². The standard InChI is InChI=1S/C27H30N2O3/c1-4-19(2)32-24-15-14-21(18-25(24)31-3)26-28-23-13-9-8-12-22(23)27(30)29(26)17-16-20-10-6-5-7-11-20/h5-15,18-19,26,28H,4,16-17H2,1-3H3. The van der Waals surface area contributed by atoms with Crippen molar-refractivity contribution in [3.8, 4) is 11.5 Å². The summed E-state index contributed by atoms with van der Waals surface area (Å²) in [6.45, 7) is 4.73. The zero-order valence-electron chi connectivity index (χ0n) is 18.9. The molecule has 1 N–H and O–H groups in total. The number of ether oxygens (including phenoxy) is 2. The minimum absolute atomic E-state index is 0.0270. The Kier molecular flexibility index (Phi) is 6.64. The minimum atomic E-state index is -0.298. The van der Waals surface area contributed by atoms with Gasteiger partial charge in [0.1, 0.15) is 6.17 Å². The molecule has 0 radical (unpaired) electrons. The number of anilines is 1. The summed E-state index contributed by atoms with van der Waals surface area (Å²) in [6, 6.07) is 23.8. The number of nitrogens with zero attached hydrogens (tertiary/aromatic N) is 1. The van der Waals surface area contributed by atoms with E-state index in [4.69, 9.17) is 9.47 Å². The van der Waals surface area contributed by atoms with Crippen molar-refractivity contribution < 1.29 is 14.3 Å². The van der Waals surface area contributed by atoms with Gasteiger partial charge >= 0.3 is 0 Å². The van der Waals surface area contributed by atoms with Crippen LogP contribution in [-0.4, -0.2) is 30.6 Å². The van der Waals surface area contributed by atoms with Crippen LogP contribution in [0, 0.1) is 0 Å². The maximum absolute atomic E-state index is 13.5. The summed E-state index contributed by atoms with van der Waals surface area (Å²) in [6.07, 6.45) is 1.48. The van der Waals surface area contributed by atoms with E-state index in [1.54, 1.807) is 7.11 Å². The highest BCUT2D eigenvalue weighted by Crippen LogP contribution is 2.37. The lowest BCUT2D eigenvalue weighted by Crippen LogP contribution is -2.44. The van der Waals surface area contributed by atoms with Crippen molar-refractivity contribution in [3.63, 3.8) is 0 Å². The van der Waals surface area contributed by atoms with E-state index in [0.717, 1.165) is 24.1 Å². The number of rotatable bonds is 8. The number of carbonyl (C=O) groups is 1. The zero-order chi connectivity index (χ0) is 22.5. The van der Waals surface area contributed by atoms with E-state index < -0.39 is 0 Å². The second kappa shape index (κ2) is 9.77. The molecule has 5 nitrogen and oxygen atoms in total. The molecule has 32 heavy (non-hydrogen) atoms. The van der Waals surface area contributed by atoms with Gasteiger partial charge in [-0.3, -0.25) is 4.79 Å². The van der Waals surface area contributed by atoms with Crippen molar-refractivity contribution in [3.05, 3.63) is 89.5 Å². The van der Waals surface area contributed by atoms with Gasteiger partial charge in [0.2, 0.25) is 0 Å². The number of hydrogen-bond acceptors (Lipinski definition) is 4. The monoisotopic (exact) mass is 430 g/mol. The molecule has 2 atom stereocenters. The van der Waals surface area contributed by atoms with Gasteiger partial charge in [-0.05, 0) is 55.2 Å². The van der Waals surface area contributed by atoms with Gasteiger partial charge in [-0.25, -0.2) is 0 Å². The van der Waals surface area contributed by atoms with Crippen LogP contribution in [0.3, 0.4) is 0 Å². The van der Waals surface area contributed by atoms with Crippen molar-refractivity contribution in [1.29, 1.82) is 0 Å². The van der Waals surface area contributed by atoms with Crippen LogP contribution in [0.5, 0.6) is 11.5 Å². The fourth-order valence-electron chi connectivity index (χ4n) is 3.93. The highest BCUT2D eigenvalue weighted by molar-refractivity contribution is 6.01. The third-order valence-corrected chi connectivity index (χ3v) is 5.91. The maximum atomic E-state index is 13.5. The number of methoxy groups -OCH3 is 1. The Labute approximate surface area is 190 Å². The van der Waals surface area contributed by atoms with Crippen LogP contribution in [0.25, 0.3) is 0 Å². The van der Waals surface area contributed by atoms with Crippen LogP contribution < -0.4 is 14.8 Å². The Hall–Kier alpha value is -3.47. The van der Waals surface area contributed by atoms with Crippen LogP contribution in [0.2, 0.25) is 0 Å². The molecule has 3 aromatic rings. The number of benzene rings is 3. The molecule has 0 spiro atoms. The van der Waals surface area contributed by atoms with Crippen molar-refractivity contribution in [2.75, 3.05) is 19.0 Å². The maximum Gasteiger partial charge on any atom is 0.257 e. The molecule has 1 aliphatic heterocycles. The first-order valence-corrected chi connectivity index (χ1v) is 11.2. The summed E-state index contributed by atoms with van der Waals surface area (Å²) in [5.74, 6) is 1.40. The summed E-state index contributed by atoms with van der Waals surface area (Å²) in [5.41, 5.74) is 3.69. The molecule has 0 aromatic heterocycles. The lowest BCUT2D eigenvalue weighted by atomic mass is 10.0. The summed E-state index contributed by atoms with van der Waals surface area (Å²) in [7, 11) is 1.64. The molecule has 166 valence electrons. The van der Waals surface area contributed by atoms with Crippen molar-refractivity contribution in [2.24, 2.45) is 0 Å². The van der Waals surface area contributed by atoms with Gasteiger partial charge in [0.25, 0.3) is 5.91 Å². The van der Waals surface area contributed by atoms with Crippen molar-refractivity contribution in [1.82, 2.24) is 4.90 Å². The Balaban J connectivity index is 1.66. The van der Waals surface area contributed by atoms with Crippen LogP contribution >= 0.6 is 0 Å². The van der Waals surface area contributed by atoms with Gasteiger partial charge in [-0.15, -0.1) is 0 Å². The van der Waals surface area contributed by atoms with Crippen LogP contribution in [0.1, 0.15) is 47.9 Å². The SMILES string of the molecule is CCC(C)Oc1ccc(C2Nc3ccccc3C(=O)N2CCc2ccccc2)cc1OC. The number of para-hydroxylation sites is 1. The molecule has 3 aromatic carbocycles. The third kappa shape index (κ3) is 4.57. The molecule has 5 heteroatoms. The Morgan fingerprint density at radius 2 is 1.75 bits per heavy atom. The molecular weight excluding hydrogens is 400 g/mol. The lowest BCUT2D eigenvalue weighted by molar-refractivity contribution is 0.0685. The van der Waals surface area contributed by atoms with Gasteiger partial charge < -0.3 is 19.7 Å². The molecule has 0 saturated heterocycles. The molecule has 1 amide bonds. The first kappa shape index (κ1) is 21.8.